The highest BCUT2D eigenvalue weighted by atomic mass is 16.2. The number of nitrogens with one attached hydrogen (secondary N) is 2. The van der Waals surface area contributed by atoms with Crippen LogP contribution < -0.4 is 10.6 Å². The van der Waals surface area contributed by atoms with Crippen molar-refractivity contribution in [3.05, 3.63) is 65.2 Å². The first-order chi connectivity index (χ1) is 15.5. The number of urea groups is 1. The number of imide groups is 1. The van der Waals surface area contributed by atoms with Gasteiger partial charge in [0, 0.05) is 17.7 Å². The monoisotopic (exact) mass is 449 g/mol. The third kappa shape index (κ3) is 5.13. The normalized spacial score (nSPS) is 18.3. The van der Waals surface area contributed by atoms with Gasteiger partial charge in [-0.1, -0.05) is 52.0 Å². The summed E-state index contributed by atoms with van der Waals surface area (Å²) in [6.07, 6.45) is 1.17. The number of carbonyl (C=O) groups is 4. The number of carbonyl (C=O) groups excluding carboxylic acids is 4. The van der Waals surface area contributed by atoms with Crippen LogP contribution in [0.1, 0.15) is 68.9 Å². The van der Waals surface area contributed by atoms with E-state index in [9.17, 15) is 19.2 Å². The van der Waals surface area contributed by atoms with Crippen molar-refractivity contribution in [1.29, 1.82) is 0 Å². The molecule has 0 saturated carbocycles. The average Bonchev–Trinajstić information content (AvgIpc) is 2.97. The van der Waals surface area contributed by atoms with Crippen LogP contribution in [0.25, 0.3) is 0 Å². The van der Waals surface area contributed by atoms with E-state index in [0.717, 1.165) is 16.9 Å². The van der Waals surface area contributed by atoms with Gasteiger partial charge >= 0.3 is 6.03 Å². The van der Waals surface area contributed by atoms with E-state index < -0.39 is 17.5 Å². The molecule has 1 aliphatic rings. The molecule has 0 radical (unpaired) electrons. The van der Waals surface area contributed by atoms with Gasteiger partial charge in [-0.15, -0.1) is 0 Å². The maximum Gasteiger partial charge on any atom is 0.325 e. The van der Waals surface area contributed by atoms with Crippen LogP contribution in [0.4, 0.5) is 10.5 Å². The summed E-state index contributed by atoms with van der Waals surface area (Å²) < 4.78 is 0. The minimum absolute atomic E-state index is 0.0326. The number of hydrogen-bond acceptors (Lipinski definition) is 4. The first-order valence-corrected chi connectivity index (χ1v) is 11.1. The number of ketones is 1. The molecular formula is C26H31N3O4. The topological polar surface area (TPSA) is 95.6 Å². The third-order valence-corrected chi connectivity index (χ3v) is 5.87. The Morgan fingerprint density at radius 1 is 1.00 bits per heavy atom. The molecule has 0 unspecified atom stereocenters. The lowest BCUT2D eigenvalue weighted by molar-refractivity contribution is -0.130. The van der Waals surface area contributed by atoms with Crippen LogP contribution in [0, 0.1) is 0 Å². The van der Waals surface area contributed by atoms with Gasteiger partial charge in [0.2, 0.25) is 5.91 Å². The van der Waals surface area contributed by atoms with Gasteiger partial charge in [0.05, 0.1) is 6.54 Å². The highest BCUT2D eigenvalue weighted by Crippen LogP contribution is 2.31. The number of amides is 4. The lowest BCUT2D eigenvalue weighted by atomic mass is 9.84. The first-order valence-electron chi connectivity index (χ1n) is 11.1. The zero-order valence-electron chi connectivity index (χ0n) is 19.8. The van der Waals surface area contributed by atoms with Gasteiger partial charge in [0.1, 0.15) is 5.54 Å². The molecule has 7 heteroatoms. The highest BCUT2D eigenvalue weighted by molar-refractivity contribution is 6.11. The van der Waals surface area contributed by atoms with Crippen molar-refractivity contribution in [2.24, 2.45) is 0 Å². The second-order valence-electron chi connectivity index (χ2n) is 9.57. The fourth-order valence-corrected chi connectivity index (χ4v) is 3.76. The van der Waals surface area contributed by atoms with Crippen molar-refractivity contribution in [2.45, 2.75) is 58.4 Å². The van der Waals surface area contributed by atoms with Crippen LogP contribution in [0.5, 0.6) is 0 Å². The fourth-order valence-electron chi connectivity index (χ4n) is 3.76. The first kappa shape index (κ1) is 24.2. The Kier molecular flexibility index (Phi) is 6.72. The maximum absolute atomic E-state index is 13.2. The molecule has 0 spiro atoms. The van der Waals surface area contributed by atoms with E-state index >= 15 is 0 Å². The SMILES string of the molecule is CCCC(=O)Nc1ccc(C(=O)CN2C(=O)N[C@@](C)(c3ccc(C(C)(C)C)cc3)C2=O)cc1. The van der Waals surface area contributed by atoms with Crippen LogP contribution in [-0.2, 0) is 20.5 Å². The standard InChI is InChI=1S/C26H31N3O4/c1-6-7-22(31)27-20-14-8-17(9-15-20)21(30)16-29-23(32)26(5,28-24(29)33)19-12-10-18(11-13-19)25(2,3)4/h8-15H,6-7,16H2,1-5H3,(H,27,31)(H,28,33)/t26-/m0/s1. The summed E-state index contributed by atoms with van der Waals surface area (Å²) in [4.78, 5) is 51.2. The minimum atomic E-state index is -1.23. The fraction of sp³-hybridized carbons (Fsp3) is 0.385. The quantitative estimate of drug-likeness (QED) is 0.485. The molecule has 3 rings (SSSR count). The second-order valence-corrected chi connectivity index (χ2v) is 9.57. The molecule has 7 nitrogen and oxygen atoms in total. The Bertz CT molecular complexity index is 1070. The van der Waals surface area contributed by atoms with E-state index in [1.165, 1.54) is 0 Å². The Labute approximate surface area is 194 Å². The number of benzene rings is 2. The Morgan fingerprint density at radius 2 is 1.61 bits per heavy atom. The van der Waals surface area contributed by atoms with Crippen molar-refractivity contribution in [1.82, 2.24) is 10.2 Å². The number of hydrogen-bond donors (Lipinski definition) is 2. The molecule has 1 atom stereocenters. The molecule has 2 N–H and O–H groups in total. The van der Waals surface area contributed by atoms with Crippen LogP contribution in [0.3, 0.4) is 0 Å². The summed E-state index contributed by atoms with van der Waals surface area (Å²) >= 11 is 0. The average molecular weight is 450 g/mol. The van der Waals surface area contributed by atoms with Crippen molar-refractivity contribution in [2.75, 3.05) is 11.9 Å². The van der Waals surface area contributed by atoms with Crippen molar-refractivity contribution >= 4 is 29.3 Å². The molecule has 2 aromatic rings. The highest BCUT2D eigenvalue weighted by Gasteiger charge is 2.49. The van der Waals surface area contributed by atoms with Gasteiger partial charge in [-0.25, -0.2) is 4.79 Å². The Balaban J connectivity index is 1.72. The number of rotatable bonds is 7. The van der Waals surface area contributed by atoms with Crippen molar-refractivity contribution in [3.63, 3.8) is 0 Å². The molecule has 1 heterocycles. The largest absolute Gasteiger partial charge is 0.326 e. The molecule has 4 amide bonds. The van der Waals surface area contributed by atoms with Crippen LogP contribution >= 0.6 is 0 Å². The van der Waals surface area contributed by atoms with Crippen LogP contribution in [-0.4, -0.2) is 35.1 Å². The molecular weight excluding hydrogens is 418 g/mol. The third-order valence-electron chi connectivity index (χ3n) is 5.87. The second kappa shape index (κ2) is 9.17. The summed E-state index contributed by atoms with van der Waals surface area (Å²) in [6.45, 7) is 9.52. The molecule has 33 heavy (non-hydrogen) atoms. The summed E-state index contributed by atoms with van der Waals surface area (Å²) in [5.74, 6) is -0.921. The summed E-state index contributed by atoms with van der Waals surface area (Å²) in [7, 11) is 0. The van der Waals surface area contributed by atoms with E-state index in [-0.39, 0.29) is 23.7 Å². The molecule has 1 aliphatic heterocycles. The molecule has 0 aliphatic carbocycles. The lowest BCUT2D eigenvalue weighted by Gasteiger charge is -2.24. The predicted molar refractivity (Wildman–Crippen MR) is 127 cm³/mol. The van der Waals surface area contributed by atoms with E-state index in [0.29, 0.717) is 23.2 Å². The lowest BCUT2D eigenvalue weighted by Crippen LogP contribution is -2.41. The molecule has 0 bridgehead atoms. The van der Waals surface area contributed by atoms with Gasteiger partial charge in [0.15, 0.2) is 5.78 Å². The van der Waals surface area contributed by atoms with E-state index in [1.54, 1.807) is 31.2 Å². The zero-order chi connectivity index (χ0) is 24.4. The summed E-state index contributed by atoms with van der Waals surface area (Å²) in [5.41, 5.74) is 1.46. The van der Waals surface area contributed by atoms with Gasteiger partial charge < -0.3 is 10.6 Å². The smallest absolute Gasteiger partial charge is 0.325 e. The van der Waals surface area contributed by atoms with E-state index in [2.05, 4.69) is 31.4 Å². The number of nitrogens with zero attached hydrogens (tertiary/aromatic N) is 1. The van der Waals surface area contributed by atoms with Crippen molar-refractivity contribution in [3.8, 4) is 0 Å². The summed E-state index contributed by atoms with van der Waals surface area (Å²) in [6, 6.07) is 13.4. The maximum atomic E-state index is 13.2. The van der Waals surface area contributed by atoms with Gasteiger partial charge in [-0.3, -0.25) is 19.3 Å². The zero-order valence-corrected chi connectivity index (χ0v) is 19.8. The number of anilines is 1. The van der Waals surface area contributed by atoms with Gasteiger partial charge in [-0.05, 0) is 54.2 Å². The molecule has 2 aromatic carbocycles. The minimum Gasteiger partial charge on any atom is -0.326 e. The van der Waals surface area contributed by atoms with Crippen LogP contribution in [0.2, 0.25) is 0 Å². The van der Waals surface area contributed by atoms with Gasteiger partial charge in [0.25, 0.3) is 5.91 Å². The molecule has 174 valence electrons. The molecule has 1 saturated heterocycles. The molecule has 0 aromatic heterocycles. The Morgan fingerprint density at radius 3 is 2.15 bits per heavy atom. The predicted octanol–water partition coefficient (Wildman–Crippen LogP) is 4.37. The Hall–Kier alpha value is -3.48. The molecule has 1 fully saturated rings. The van der Waals surface area contributed by atoms with E-state index in [4.69, 9.17) is 0 Å². The summed E-state index contributed by atoms with van der Waals surface area (Å²) in [5, 5.41) is 5.50. The van der Waals surface area contributed by atoms with Crippen LogP contribution in [0.15, 0.2) is 48.5 Å². The van der Waals surface area contributed by atoms with Crippen molar-refractivity contribution < 1.29 is 19.2 Å². The number of Topliss-reactive ketones (excluding diaryl/α,β-unsaturated/α-hetero) is 1. The van der Waals surface area contributed by atoms with E-state index in [1.807, 2.05) is 31.2 Å². The van der Waals surface area contributed by atoms with Gasteiger partial charge in [-0.2, -0.15) is 0 Å².